The minimum Gasteiger partial charge on any atom is -0.294 e. The zero-order chi connectivity index (χ0) is 25.1. The Morgan fingerprint density at radius 2 is 1.24 bits per heavy atom. The van der Waals surface area contributed by atoms with Gasteiger partial charge < -0.3 is 0 Å². The van der Waals surface area contributed by atoms with E-state index in [4.69, 9.17) is 9.97 Å². The van der Waals surface area contributed by atoms with E-state index in [-0.39, 0.29) is 0 Å². The van der Waals surface area contributed by atoms with E-state index in [1.807, 2.05) is 30.3 Å². The van der Waals surface area contributed by atoms with E-state index >= 15 is 0 Å². The van der Waals surface area contributed by atoms with Gasteiger partial charge >= 0.3 is 0 Å². The third kappa shape index (κ3) is 3.24. The van der Waals surface area contributed by atoms with E-state index in [0.717, 1.165) is 38.2 Å². The van der Waals surface area contributed by atoms with Crippen molar-refractivity contribution in [3.05, 3.63) is 116 Å². The standard InChI is InChI=1S/C32H19N5S/c1-2-8-20(9-3-1)29-33-19-34-30(35-29)21-14-16-22(17-15-21)37-27-12-6-4-10-23(27)25-18-26-24-11-5-7-13-28(24)38-32(26)36-31(25)37/h1-19H. The maximum absolute atomic E-state index is 5.20. The Morgan fingerprint density at radius 3 is 2.05 bits per heavy atom. The van der Waals surface area contributed by atoms with Crippen LogP contribution in [0, 0.1) is 0 Å². The summed E-state index contributed by atoms with van der Waals surface area (Å²) in [7, 11) is 0. The molecule has 5 nitrogen and oxygen atoms in total. The van der Waals surface area contributed by atoms with Crippen LogP contribution in [0.1, 0.15) is 0 Å². The van der Waals surface area contributed by atoms with Crippen LogP contribution < -0.4 is 0 Å². The molecule has 0 aliphatic rings. The highest BCUT2D eigenvalue weighted by Crippen LogP contribution is 2.38. The van der Waals surface area contributed by atoms with Crippen molar-refractivity contribution in [3.63, 3.8) is 0 Å². The predicted octanol–water partition coefficient (Wildman–Crippen LogP) is 8.07. The van der Waals surface area contributed by atoms with Crippen molar-refractivity contribution in [3.8, 4) is 28.5 Å². The van der Waals surface area contributed by atoms with E-state index in [9.17, 15) is 0 Å². The topological polar surface area (TPSA) is 56.5 Å². The molecule has 0 fully saturated rings. The summed E-state index contributed by atoms with van der Waals surface area (Å²) in [5, 5.41) is 4.82. The number of hydrogen-bond donors (Lipinski definition) is 0. The highest BCUT2D eigenvalue weighted by molar-refractivity contribution is 7.25. The first kappa shape index (κ1) is 21.2. The normalized spacial score (nSPS) is 11.7. The fraction of sp³-hybridized carbons (Fsp3) is 0. The van der Waals surface area contributed by atoms with E-state index in [1.165, 1.54) is 20.9 Å². The lowest BCUT2D eigenvalue weighted by molar-refractivity contribution is 1.06. The second-order valence-electron chi connectivity index (χ2n) is 9.21. The summed E-state index contributed by atoms with van der Waals surface area (Å²) in [6.45, 7) is 0. The van der Waals surface area contributed by atoms with Crippen LogP contribution in [0.25, 0.3) is 70.7 Å². The monoisotopic (exact) mass is 505 g/mol. The van der Waals surface area contributed by atoms with Crippen LogP contribution in [0.3, 0.4) is 0 Å². The van der Waals surface area contributed by atoms with E-state index < -0.39 is 0 Å². The molecule has 0 bridgehead atoms. The molecule has 4 heterocycles. The van der Waals surface area contributed by atoms with E-state index in [2.05, 4.69) is 93.4 Å². The first-order valence-corrected chi connectivity index (χ1v) is 13.2. The molecule has 0 aliphatic carbocycles. The molecule has 0 saturated carbocycles. The molecular formula is C32H19N5S. The zero-order valence-electron chi connectivity index (χ0n) is 20.1. The quantitative estimate of drug-likeness (QED) is 0.244. The molecular weight excluding hydrogens is 486 g/mol. The third-order valence-electron chi connectivity index (χ3n) is 6.99. The van der Waals surface area contributed by atoms with Crippen LogP contribution in [-0.2, 0) is 0 Å². The number of para-hydroxylation sites is 1. The summed E-state index contributed by atoms with van der Waals surface area (Å²) >= 11 is 1.74. The number of nitrogens with zero attached hydrogens (tertiary/aromatic N) is 5. The van der Waals surface area contributed by atoms with Crippen LogP contribution in [0.5, 0.6) is 0 Å². The van der Waals surface area contributed by atoms with Gasteiger partial charge in [-0.05, 0) is 42.5 Å². The molecule has 8 aromatic rings. The molecule has 0 N–H and O–H groups in total. The highest BCUT2D eigenvalue weighted by Gasteiger charge is 2.17. The van der Waals surface area contributed by atoms with E-state index in [0.29, 0.717) is 11.6 Å². The molecule has 4 aromatic carbocycles. The van der Waals surface area contributed by atoms with Gasteiger partial charge in [0.1, 0.15) is 16.8 Å². The summed E-state index contributed by atoms with van der Waals surface area (Å²) in [6.07, 6.45) is 1.58. The van der Waals surface area contributed by atoms with Crippen LogP contribution in [0.15, 0.2) is 116 Å². The summed E-state index contributed by atoms with van der Waals surface area (Å²) in [5.41, 5.74) is 5.05. The summed E-state index contributed by atoms with van der Waals surface area (Å²) in [5.74, 6) is 1.32. The fourth-order valence-corrected chi connectivity index (χ4v) is 6.26. The Labute approximate surface area is 221 Å². The van der Waals surface area contributed by atoms with E-state index in [1.54, 1.807) is 17.7 Å². The van der Waals surface area contributed by atoms with Crippen molar-refractivity contribution in [1.82, 2.24) is 24.5 Å². The first-order chi connectivity index (χ1) is 18.8. The Bertz CT molecular complexity index is 2130. The van der Waals surface area contributed by atoms with Crippen LogP contribution in [0.4, 0.5) is 0 Å². The number of fused-ring (bicyclic) bond motifs is 6. The molecule has 6 heteroatoms. The largest absolute Gasteiger partial charge is 0.294 e. The van der Waals surface area contributed by atoms with Crippen LogP contribution in [-0.4, -0.2) is 24.5 Å². The van der Waals surface area contributed by atoms with Crippen molar-refractivity contribution in [2.45, 2.75) is 0 Å². The molecule has 38 heavy (non-hydrogen) atoms. The number of benzene rings is 4. The summed E-state index contributed by atoms with van der Waals surface area (Å²) in [6, 6.07) is 37.7. The Kier molecular flexibility index (Phi) is 4.62. The van der Waals surface area contributed by atoms with Crippen molar-refractivity contribution < 1.29 is 0 Å². The van der Waals surface area contributed by atoms with Gasteiger partial charge in [0.2, 0.25) is 0 Å². The molecule has 0 saturated heterocycles. The second-order valence-corrected chi connectivity index (χ2v) is 10.2. The Balaban J connectivity index is 1.29. The first-order valence-electron chi connectivity index (χ1n) is 12.4. The summed E-state index contributed by atoms with van der Waals surface area (Å²) in [4.78, 5) is 19.8. The number of thiophene rings is 1. The van der Waals surface area contributed by atoms with Crippen LogP contribution in [0.2, 0.25) is 0 Å². The minimum absolute atomic E-state index is 0.651. The third-order valence-corrected chi connectivity index (χ3v) is 8.07. The maximum Gasteiger partial charge on any atom is 0.163 e. The van der Waals surface area contributed by atoms with Gasteiger partial charge in [0, 0.05) is 43.1 Å². The molecule has 0 atom stereocenters. The predicted molar refractivity (Wildman–Crippen MR) is 156 cm³/mol. The van der Waals surface area contributed by atoms with Gasteiger partial charge in [0.25, 0.3) is 0 Å². The lowest BCUT2D eigenvalue weighted by Crippen LogP contribution is -1.97. The maximum atomic E-state index is 5.20. The Morgan fingerprint density at radius 1 is 0.553 bits per heavy atom. The van der Waals surface area contributed by atoms with Gasteiger partial charge in [-0.1, -0.05) is 66.7 Å². The summed E-state index contributed by atoms with van der Waals surface area (Å²) < 4.78 is 3.51. The smallest absolute Gasteiger partial charge is 0.163 e. The number of hydrogen-bond acceptors (Lipinski definition) is 5. The molecule has 0 spiro atoms. The second kappa shape index (κ2) is 8.30. The van der Waals surface area contributed by atoms with Crippen molar-refractivity contribution >= 4 is 53.6 Å². The van der Waals surface area contributed by atoms with Gasteiger partial charge in [-0.15, -0.1) is 11.3 Å². The molecule has 0 aliphatic heterocycles. The number of aromatic nitrogens is 5. The SMILES string of the molecule is c1ccc(-c2ncnc(-c3ccc(-n4c5ccccc5c5cc6c(nc54)sc4ccccc46)cc3)n2)cc1. The average molecular weight is 506 g/mol. The minimum atomic E-state index is 0.651. The van der Waals surface area contributed by atoms with Gasteiger partial charge in [-0.3, -0.25) is 4.57 Å². The molecule has 4 aromatic heterocycles. The fourth-order valence-electron chi connectivity index (χ4n) is 5.20. The average Bonchev–Trinajstić information content (AvgIpc) is 3.51. The molecule has 178 valence electrons. The molecule has 0 radical (unpaired) electrons. The van der Waals surface area contributed by atoms with Gasteiger partial charge in [-0.25, -0.2) is 19.9 Å². The van der Waals surface area contributed by atoms with Crippen molar-refractivity contribution in [1.29, 1.82) is 0 Å². The van der Waals surface area contributed by atoms with Crippen molar-refractivity contribution in [2.75, 3.05) is 0 Å². The lowest BCUT2D eigenvalue weighted by atomic mass is 10.1. The Hall–Kier alpha value is -4.94. The van der Waals surface area contributed by atoms with Gasteiger partial charge in [-0.2, -0.15) is 0 Å². The van der Waals surface area contributed by atoms with Crippen LogP contribution >= 0.6 is 11.3 Å². The highest BCUT2D eigenvalue weighted by atomic mass is 32.1. The zero-order valence-corrected chi connectivity index (χ0v) is 20.9. The molecule has 0 amide bonds. The number of rotatable bonds is 3. The van der Waals surface area contributed by atoms with Gasteiger partial charge in [0.05, 0.1) is 5.52 Å². The van der Waals surface area contributed by atoms with Crippen molar-refractivity contribution in [2.24, 2.45) is 0 Å². The number of pyridine rings is 1. The molecule has 8 rings (SSSR count). The van der Waals surface area contributed by atoms with Gasteiger partial charge in [0.15, 0.2) is 11.6 Å². The molecule has 0 unspecified atom stereocenters. The lowest BCUT2D eigenvalue weighted by Gasteiger charge is -2.09.